The van der Waals surface area contributed by atoms with Crippen LogP contribution in [0.3, 0.4) is 0 Å². The Morgan fingerprint density at radius 2 is 2.08 bits per heavy atom. The van der Waals surface area contributed by atoms with E-state index in [1.807, 2.05) is 25.1 Å². The van der Waals surface area contributed by atoms with Crippen LogP contribution in [0.1, 0.15) is 34.0 Å². The molecule has 1 aromatic carbocycles. The van der Waals surface area contributed by atoms with Crippen LogP contribution in [0.25, 0.3) is 0 Å². The monoisotopic (exact) mass is 323 g/mol. The SMILES string of the molecule is CC(=O)N1CCc2cc(C(=O)N(C)Cc3cnccc3C)ccc21. The number of benzene rings is 1. The molecule has 1 aromatic heterocycles. The summed E-state index contributed by atoms with van der Waals surface area (Å²) in [7, 11) is 1.80. The van der Waals surface area contributed by atoms with Gasteiger partial charge in [0.1, 0.15) is 0 Å². The number of hydrogen-bond acceptors (Lipinski definition) is 3. The van der Waals surface area contributed by atoms with E-state index in [9.17, 15) is 9.59 Å². The van der Waals surface area contributed by atoms with Gasteiger partial charge in [0, 0.05) is 50.7 Å². The summed E-state index contributed by atoms with van der Waals surface area (Å²) in [5.41, 5.74) is 4.79. The third-order valence-electron chi connectivity index (χ3n) is 4.50. The second kappa shape index (κ2) is 6.43. The Balaban J connectivity index is 1.78. The van der Waals surface area contributed by atoms with Crippen molar-refractivity contribution >= 4 is 17.5 Å². The molecule has 5 nitrogen and oxygen atoms in total. The highest BCUT2D eigenvalue weighted by Crippen LogP contribution is 2.29. The maximum Gasteiger partial charge on any atom is 0.253 e. The molecule has 1 aliphatic rings. The summed E-state index contributed by atoms with van der Waals surface area (Å²) in [6.45, 7) is 4.79. The van der Waals surface area contributed by atoms with Crippen LogP contribution in [0.4, 0.5) is 5.69 Å². The number of rotatable bonds is 3. The highest BCUT2D eigenvalue weighted by Gasteiger charge is 2.23. The summed E-state index contributed by atoms with van der Waals surface area (Å²) in [5.74, 6) is 0.0133. The fourth-order valence-electron chi connectivity index (χ4n) is 3.07. The van der Waals surface area contributed by atoms with Crippen molar-refractivity contribution in [3.63, 3.8) is 0 Å². The molecule has 0 saturated carbocycles. The molecule has 0 saturated heterocycles. The topological polar surface area (TPSA) is 53.5 Å². The molecule has 0 spiro atoms. The number of hydrogen-bond donors (Lipinski definition) is 0. The van der Waals surface area contributed by atoms with Gasteiger partial charge in [-0.15, -0.1) is 0 Å². The zero-order chi connectivity index (χ0) is 17.3. The molecule has 1 aliphatic heterocycles. The van der Waals surface area contributed by atoms with E-state index >= 15 is 0 Å². The Hall–Kier alpha value is -2.69. The molecule has 3 rings (SSSR count). The lowest BCUT2D eigenvalue weighted by Gasteiger charge is -2.19. The lowest BCUT2D eigenvalue weighted by atomic mass is 10.1. The van der Waals surface area contributed by atoms with Crippen LogP contribution in [-0.2, 0) is 17.8 Å². The average Bonchev–Trinajstić information content (AvgIpc) is 2.99. The fourth-order valence-corrected chi connectivity index (χ4v) is 3.07. The van der Waals surface area contributed by atoms with Crippen molar-refractivity contribution < 1.29 is 9.59 Å². The number of anilines is 1. The van der Waals surface area contributed by atoms with Gasteiger partial charge in [-0.05, 0) is 54.3 Å². The number of amides is 2. The molecule has 2 amide bonds. The van der Waals surface area contributed by atoms with Gasteiger partial charge in [-0.2, -0.15) is 0 Å². The van der Waals surface area contributed by atoms with Gasteiger partial charge in [0.15, 0.2) is 0 Å². The Morgan fingerprint density at radius 3 is 2.79 bits per heavy atom. The molecule has 0 fully saturated rings. The summed E-state index contributed by atoms with van der Waals surface area (Å²) in [6.07, 6.45) is 4.34. The quantitative estimate of drug-likeness (QED) is 0.872. The van der Waals surface area contributed by atoms with Gasteiger partial charge in [-0.1, -0.05) is 0 Å². The van der Waals surface area contributed by atoms with Gasteiger partial charge in [-0.25, -0.2) is 0 Å². The highest BCUT2D eigenvalue weighted by atomic mass is 16.2. The first-order valence-corrected chi connectivity index (χ1v) is 8.03. The van der Waals surface area contributed by atoms with Crippen molar-refractivity contribution in [1.82, 2.24) is 9.88 Å². The molecule has 2 heterocycles. The lowest BCUT2D eigenvalue weighted by molar-refractivity contribution is -0.116. The minimum absolute atomic E-state index is 0.0256. The van der Waals surface area contributed by atoms with Gasteiger partial charge >= 0.3 is 0 Å². The summed E-state index contributed by atoms with van der Waals surface area (Å²) >= 11 is 0. The fraction of sp³-hybridized carbons (Fsp3) is 0.316. The van der Waals surface area contributed by atoms with E-state index in [4.69, 9.17) is 0 Å². The predicted octanol–water partition coefficient (Wildman–Crippen LogP) is 2.57. The second-order valence-electron chi connectivity index (χ2n) is 6.23. The number of carbonyl (C=O) groups excluding carboxylic acids is 2. The summed E-state index contributed by atoms with van der Waals surface area (Å²) in [4.78, 5) is 31.9. The Labute approximate surface area is 141 Å². The molecule has 24 heavy (non-hydrogen) atoms. The molecule has 2 aromatic rings. The predicted molar refractivity (Wildman–Crippen MR) is 92.9 cm³/mol. The van der Waals surface area contributed by atoms with Gasteiger partial charge < -0.3 is 9.80 Å². The van der Waals surface area contributed by atoms with E-state index in [2.05, 4.69) is 4.98 Å². The van der Waals surface area contributed by atoms with E-state index in [1.54, 1.807) is 42.2 Å². The molecular weight excluding hydrogens is 302 g/mol. The zero-order valence-electron chi connectivity index (χ0n) is 14.2. The molecule has 0 aliphatic carbocycles. The van der Waals surface area contributed by atoms with E-state index in [1.165, 1.54) is 0 Å². The van der Waals surface area contributed by atoms with Crippen LogP contribution >= 0.6 is 0 Å². The van der Waals surface area contributed by atoms with E-state index in [0.29, 0.717) is 18.7 Å². The smallest absolute Gasteiger partial charge is 0.253 e. The molecule has 124 valence electrons. The van der Waals surface area contributed by atoms with Gasteiger partial charge in [0.2, 0.25) is 5.91 Å². The van der Waals surface area contributed by atoms with Crippen LogP contribution in [0.15, 0.2) is 36.7 Å². The van der Waals surface area contributed by atoms with Crippen LogP contribution in [0.5, 0.6) is 0 Å². The van der Waals surface area contributed by atoms with Crippen molar-refractivity contribution in [3.05, 3.63) is 58.9 Å². The maximum atomic E-state index is 12.7. The number of fused-ring (bicyclic) bond motifs is 1. The number of aryl methyl sites for hydroxylation is 1. The number of aromatic nitrogens is 1. The molecule has 0 unspecified atom stereocenters. The standard InChI is InChI=1S/C19H21N3O2/c1-13-6-8-20-11-17(13)12-21(3)19(24)16-4-5-18-15(10-16)7-9-22(18)14(2)23/h4-6,8,10-11H,7,9,12H2,1-3H3. The van der Waals surface area contributed by atoms with Crippen molar-refractivity contribution in [1.29, 1.82) is 0 Å². The normalized spacial score (nSPS) is 12.9. The Kier molecular flexibility index (Phi) is 4.34. The number of nitrogens with zero attached hydrogens (tertiary/aromatic N) is 3. The Morgan fingerprint density at radius 1 is 1.29 bits per heavy atom. The second-order valence-corrected chi connectivity index (χ2v) is 6.23. The van der Waals surface area contributed by atoms with Crippen molar-refractivity contribution in [3.8, 4) is 0 Å². The first kappa shape index (κ1) is 16.2. The largest absolute Gasteiger partial charge is 0.337 e. The van der Waals surface area contributed by atoms with Crippen LogP contribution in [0.2, 0.25) is 0 Å². The highest BCUT2D eigenvalue weighted by molar-refractivity contribution is 5.97. The number of carbonyl (C=O) groups is 2. The van der Waals surface area contributed by atoms with Gasteiger partial charge in [-0.3, -0.25) is 14.6 Å². The van der Waals surface area contributed by atoms with Crippen LogP contribution < -0.4 is 4.90 Å². The third-order valence-corrected chi connectivity index (χ3v) is 4.50. The van der Waals surface area contributed by atoms with E-state index in [0.717, 1.165) is 28.8 Å². The first-order chi connectivity index (χ1) is 11.5. The van der Waals surface area contributed by atoms with Crippen molar-refractivity contribution in [2.45, 2.75) is 26.8 Å². The lowest BCUT2D eigenvalue weighted by Crippen LogP contribution is -2.27. The van der Waals surface area contributed by atoms with E-state index in [-0.39, 0.29) is 11.8 Å². The molecule has 5 heteroatoms. The third kappa shape index (κ3) is 3.02. The van der Waals surface area contributed by atoms with Crippen LogP contribution in [-0.4, -0.2) is 35.3 Å². The molecule has 0 atom stereocenters. The Bertz CT molecular complexity index is 801. The molecule has 0 radical (unpaired) electrons. The maximum absolute atomic E-state index is 12.7. The average molecular weight is 323 g/mol. The summed E-state index contributed by atoms with van der Waals surface area (Å²) < 4.78 is 0. The van der Waals surface area contributed by atoms with Gasteiger partial charge in [0.25, 0.3) is 5.91 Å². The molecule has 0 N–H and O–H groups in total. The first-order valence-electron chi connectivity index (χ1n) is 8.03. The van der Waals surface area contributed by atoms with Crippen LogP contribution in [0, 0.1) is 6.92 Å². The zero-order valence-corrected chi connectivity index (χ0v) is 14.2. The van der Waals surface area contributed by atoms with Crippen molar-refractivity contribution in [2.24, 2.45) is 0 Å². The minimum atomic E-state index is -0.0256. The van der Waals surface area contributed by atoms with E-state index < -0.39 is 0 Å². The summed E-state index contributed by atoms with van der Waals surface area (Å²) in [5, 5.41) is 0. The minimum Gasteiger partial charge on any atom is -0.337 e. The molecule has 0 bridgehead atoms. The summed E-state index contributed by atoms with van der Waals surface area (Å²) in [6, 6.07) is 7.53. The van der Waals surface area contributed by atoms with Gasteiger partial charge in [0.05, 0.1) is 0 Å². The molecular formula is C19H21N3O2. The van der Waals surface area contributed by atoms with Crippen molar-refractivity contribution in [2.75, 3.05) is 18.5 Å². The number of pyridine rings is 1.